The summed E-state index contributed by atoms with van der Waals surface area (Å²) in [4.78, 5) is 27.5. The third-order valence-electron chi connectivity index (χ3n) is 3.41. The molecule has 1 aliphatic rings. The first-order chi connectivity index (χ1) is 9.53. The van der Waals surface area contributed by atoms with E-state index in [0.717, 1.165) is 18.0 Å². The number of anilines is 1. The van der Waals surface area contributed by atoms with Crippen LogP contribution in [-0.4, -0.2) is 37.2 Å². The maximum Gasteiger partial charge on any atom is 0.350 e. The van der Waals surface area contributed by atoms with E-state index in [0.29, 0.717) is 29.0 Å². The smallest absolute Gasteiger partial charge is 0.350 e. The van der Waals surface area contributed by atoms with Crippen molar-refractivity contribution in [2.24, 2.45) is 5.92 Å². The van der Waals surface area contributed by atoms with Gasteiger partial charge in [-0.25, -0.2) is 9.78 Å². The maximum atomic E-state index is 11.5. The second-order valence-corrected chi connectivity index (χ2v) is 5.88. The Kier molecular flexibility index (Phi) is 4.59. The zero-order valence-corrected chi connectivity index (χ0v) is 12.6. The molecule has 1 N–H and O–H groups in total. The van der Waals surface area contributed by atoms with Crippen molar-refractivity contribution in [1.29, 1.82) is 0 Å². The van der Waals surface area contributed by atoms with Crippen LogP contribution in [0.5, 0.6) is 0 Å². The SMILES string of the molecule is COC(=O)CC1CC(Nc2nc(C)c(C(=O)OC)s2)C1. The Morgan fingerprint density at radius 1 is 1.35 bits per heavy atom. The number of hydrogen-bond acceptors (Lipinski definition) is 7. The van der Waals surface area contributed by atoms with E-state index in [1.54, 1.807) is 6.92 Å². The van der Waals surface area contributed by atoms with Crippen molar-refractivity contribution in [1.82, 2.24) is 4.98 Å². The fourth-order valence-electron chi connectivity index (χ4n) is 2.25. The first-order valence-corrected chi connectivity index (χ1v) is 7.24. The number of esters is 2. The number of rotatable bonds is 5. The molecule has 1 saturated carbocycles. The highest BCUT2D eigenvalue weighted by Gasteiger charge is 2.31. The molecular weight excluding hydrogens is 280 g/mol. The number of methoxy groups -OCH3 is 2. The highest BCUT2D eigenvalue weighted by Crippen LogP contribution is 2.34. The van der Waals surface area contributed by atoms with Gasteiger partial charge in [0.25, 0.3) is 0 Å². The number of nitrogens with zero attached hydrogens (tertiary/aromatic N) is 1. The van der Waals surface area contributed by atoms with Gasteiger partial charge in [-0.2, -0.15) is 0 Å². The summed E-state index contributed by atoms with van der Waals surface area (Å²) in [6, 6.07) is 0.306. The van der Waals surface area contributed by atoms with E-state index in [-0.39, 0.29) is 11.9 Å². The Labute approximate surface area is 121 Å². The summed E-state index contributed by atoms with van der Waals surface area (Å²) in [7, 11) is 2.77. The van der Waals surface area contributed by atoms with Crippen molar-refractivity contribution in [3.8, 4) is 0 Å². The van der Waals surface area contributed by atoms with Crippen molar-refractivity contribution in [2.75, 3.05) is 19.5 Å². The second kappa shape index (κ2) is 6.21. The van der Waals surface area contributed by atoms with Crippen molar-refractivity contribution in [2.45, 2.75) is 32.2 Å². The fraction of sp³-hybridized carbons (Fsp3) is 0.615. The molecule has 0 radical (unpaired) electrons. The minimum atomic E-state index is -0.356. The lowest BCUT2D eigenvalue weighted by molar-refractivity contribution is -0.142. The van der Waals surface area contributed by atoms with Gasteiger partial charge in [-0.3, -0.25) is 4.79 Å². The van der Waals surface area contributed by atoms with Crippen LogP contribution in [0.1, 0.15) is 34.6 Å². The zero-order chi connectivity index (χ0) is 14.7. The molecule has 0 bridgehead atoms. The molecule has 110 valence electrons. The Hall–Kier alpha value is -1.63. The van der Waals surface area contributed by atoms with Crippen LogP contribution in [0.15, 0.2) is 0 Å². The number of aromatic nitrogens is 1. The zero-order valence-electron chi connectivity index (χ0n) is 11.8. The standard InChI is InChI=1S/C13H18N2O4S/c1-7-11(12(17)19-3)20-13(14-7)15-9-4-8(5-9)6-10(16)18-2/h8-9H,4-6H2,1-3H3,(H,14,15). The van der Waals surface area contributed by atoms with Crippen LogP contribution in [0, 0.1) is 12.8 Å². The molecule has 2 rings (SSSR count). The van der Waals surface area contributed by atoms with Gasteiger partial charge in [0.1, 0.15) is 4.88 Å². The molecule has 0 spiro atoms. The number of aryl methyl sites for hydroxylation is 1. The summed E-state index contributed by atoms with van der Waals surface area (Å²) in [5.74, 6) is -0.141. The predicted molar refractivity (Wildman–Crippen MR) is 75.0 cm³/mol. The third-order valence-corrected chi connectivity index (χ3v) is 4.48. The van der Waals surface area contributed by atoms with E-state index in [4.69, 9.17) is 4.74 Å². The number of nitrogens with one attached hydrogen (secondary N) is 1. The molecule has 1 heterocycles. The second-order valence-electron chi connectivity index (χ2n) is 4.88. The quantitative estimate of drug-likeness (QED) is 0.838. The topological polar surface area (TPSA) is 77.5 Å². The molecule has 0 amide bonds. The van der Waals surface area contributed by atoms with Crippen molar-refractivity contribution in [3.05, 3.63) is 10.6 Å². The summed E-state index contributed by atoms with van der Waals surface area (Å²) in [6.45, 7) is 1.79. The van der Waals surface area contributed by atoms with Gasteiger partial charge in [0.15, 0.2) is 5.13 Å². The van der Waals surface area contributed by atoms with E-state index >= 15 is 0 Å². The summed E-state index contributed by atoms with van der Waals surface area (Å²) in [5.41, 5.74) is 0.676. The van der Waals surface area contributed by atoms with Crippen LogP contribution in [0.3, 0.4) is 0 Å². The van der Waals surface area contributed by atoms with Gasteiger partial charge in [0.2, 0.25) is 0 Å². The van der Waals surface area contributed by atoms with Crippen LogP contribution in [0.4, 0.5) is 5.13 Å². The Balaban J connectivity index is 1.84. The average molecular weight is 298 g/mol. The van der Waals surface area contributed by atoms with Gasteiger partial charge in [-0.1, -0.05) is 11.3 Å². The maximum absolute atomic E-state index is 11.5. The highest BCUT2D eigenvalue weighted by atomic mass is 32.1. The van der Waals surface area contributed by atoms with Gasteiger partial charge in [0.05, 0.1) is 19.9 Å². The van der Waals surface area contributed by atoms with Gasteiger partial charge in [-0.05, 0) is 25.7 Å². The van der Waals surface area contributed by atoms with E-state index in [1.807, 2.05) is 0 Å². The summed E-state index contributed by atoms with van der Waals surface area (Å²) in [5, 5.41) is 4.01. The highest BCUT2D eigenvalue weighted by molar-refractivity contribution is 7.17. The molecular formula is C13H18N2O4S. The average Bonchev–Trinajstić information content (AvgIpc) is 2.76. The summed E-state index contributed by atoms with van der Waals surface area (Å²) < 4.78 is 9.35. The van der Waals surface area contributed by atoms with Crippen LogP contribution in [0.2, 0.25) is 0 Å². The number of thiazole rings is 1. The molecule has 0 atom stereocenters. The molecule has 1 aromatic rings. The minimum absolute atomic E-state index is 0.161. The largest absolute Gasteiger partial charge is 0.469 e. The molecule has 0 saturated heterocycles. The monoisotopic (exact) mass is 298 g/mol. The molecule has 1 fully saturated rings. The third kappa shape index (κ3) is 3.27. The minimum Gasteiger partial charge on any atom is -0.469 e. The van der Waals surface area contributed by atoms with Crippen molar-refractivity contribution >= 4 is 28.4 Å². The number of ether oxygens (including phenoxy) is 2. The fourth-order valence-corrected chi connectivity index (χ4v) is 3.22. The summed E-state index contributed by atoms with van der Waals surface area (Å²) >= 11 is 1.30. The molecule has 7 heteroatoms. The van der Waals surface area contributed by atoms with E-state index < -0.39 is 0 Å². The molecule has 20 heavy (non-hydrogen) atoms. The van der Waals surface area contributed by atoms with Crippen LogP contribution >= 0.6 is 11.3 Å². The van der Waals surface area contributed by atoms with Gasteiger partial charge in [0, 0.05) is 12.5 Å². The number of carbonyl (C=O) groups excluding carboxylic acids is 2. The van der Waals surface area contributed by atoms with Gasteiger partial charge in [-0.15, -0.1) is 0 Å². The molecule has 1 aromatic heterocycles. The van der Waals surface area contributed by atoms with Crippen molar-refractivity contribution in [3.63, 3.8) is 0 Å². The van der Waals surface area contributed by atoms with Gasteiger partial charge >= 0.3 is 11.9 Å². The van der Waals surface area contributed by atoms with E-state index in [9.17, 15) is 9.59 Å². The predicted octanol–water partition coefficient (Wildman–Crippen LogP) is 1.99. The lowest BCUT2D eigenvalue weighted by atomic mass is 9.78. The van der Waals surface area contributed by atoms with Gasteiger partial charge < -0.3 is 14.8 Å². The molecule has 0 aliphatic heterocycles. The lowest BCUT2D eigenvalue weighted by Crippen LogP contribution is -2.36. The Morgan fingerprint density at radius 2 is 2.05 bits per heavy atom. The van der Waals surface area contributed by atoms with Crippen LogP contribution in [-0.2, 0) is 14.3 Å². The van der Waals surface area contributed by atoms with Crippen LogP contribution < -0.4 is 5.32 Å². The summed E-state index contributed by atoms with van der Waals surface area (Å²) in [6.07, 6.45) is 2.31. The van der Waals surface area contributed by atoms with Crippen LogP contribution in [0.25, 0.3) is 0 Å². The van der Waals surface area contributed by atoms with Crippen molar-refractivity contribution < 1.29 is 19.1 Å². The lowest BCUT2D eigenvalue weighted by Gasteiger charge is -2.35. The molecule has 0 aromatic carbocycles. The Morgan fingerprint density at radius 3 is 2.65 bits per heavy atom. The molecule has 6 nitrogen and oxygen atoms in total. The molecule has 1 aliphatic carbocycles. The number of carbonyl (C=O) groups is 2. The molecule has 0 unspecified atom stereocenters. The first-order valence-electron chi connectivity index (χ1n) is 6.42. The normalized spacial score (nSPS) is 20.9. The first kappa shape index (κ1) is 14.8. The van der Waals surface area contributed by atoms with E-state index in [2.05, 4.69) is 15.0 Å². The number of hydrogen-bond donors (Lipinski definition) is 1. The Bertz CT molecular complexity index is 508. The van der Waals surface area contributed by atoms with E-state index in [1.165, 1.54) is 25.6 Å².